The second-order valence-electron chi connectivity index (χ2n) is 7.14. The van der Waals surface area contributed by atoms with Crippen LogP contribution in [0.2, 0.25) is 0 Å². The lowest BCUT2D eigenvalue weighted by molar-refractivity contribution is -0.126. The van der Waals surface area contributed by atoms with Crippen LogP contribution in [0.15, 0.2) is 91.0 Å². The van der Waals surface area contributed by atoms with Gasteiger partial charge in [-0.1, -0.05) is 91.0 Å². The largest absolute Gasteiger partial charge is 0.358 e. The fourth-order valence-electron chi connectivity index (χ4n) is 4.00. The van der Waals surface area contributed by atoms with E-state index in [0.717, 1.165) is 29.5 Å². The van der Waals surface area contributed by atoms with Crippen LogP contribution < -0.4 is 0 Å². The first-order chi connectivity index (χ1) is 13.3. The summed E-state index contributed by atoms with van der Waals surface area (Å²) in [5, 5.41) is 0. The molecule has 3 aromatic rings. The van der Waals surface area contributed by atoms with E-state index >= 15 is 0 Å². The molecule has 3 aromatic carbocycles. The zero-order chi connectivity index (χ0) is 18.5. The molecule has 0 aromatic heterocycles. The van der Waals surface area contributed by atoms with Gasteiger partial charge in [-0.3, -0.25) is 4.79 Å². The van der Waals surface area contributed by atoms with E-state index in [1.807, 2.05) is 18.2 Å². The van der Waals surface area contributed by atoms with Gasteiger partial charge in [-0.15, -0.1) is 0 Å². The SMILES string of the molecule is O=C1CCC(OC(c2ccccc2)(c2ccccc2)c2ccccc2)CC1. The number of ketones is 1. The number of hydrogen-bond acceptors (Lipinski definition) is 2. The highest BCUT2D eigenvalue weighted by Crippen LogP contribution is 2.42. The highest BCUT2D eigenvalue weighted by atomic mass is 16.5. The summed E-state index contributed by atoms with van der Waals surface area (Å²) in [6.45, 7) is 0. The van der Waals surface area contributed by atoms with Gasteiger partial charge < -0.3 is 4.74 Å². The summed E-state index contributed by atoms with van der Waals surface area (Å²) >= 11 is 0. The van der Waals surface area contributed by atoms with Crippen LogP contribution in [0.5, 0.6) is 0 Å². The molecule has 0 spiro atoms. The lowest BCUT2D eigenvalue weighted by Crippen LogP contribution is -2.38. The Hall–Kier alpha value is -2.71. The number of carbonyl (C=O) groups excluding carboxylic acids is 1. The first kappa shape index (κ1) is 17.7. The van der Waals surface area contributed by atoms with Gasteiger partial charge in [-0.2, -0.15) is 0 Å². The molecule has 2 heteroatoms. The molecule has 0 atom stereocenters. The second kappa shape index (κ2) is 7.89. The van der Waals surface area contributed by atoms with E-state index in [2.05, 4.69) is 72.8 Å². The number of carbonyl (C=O) groups is 1. The normalized spacial score (nSPS) is 15.6. The van der Waals surface area contributed by atoms with Crippen molar-refractivity contribution >= 4 is 5.78 Å². The van der Waals surface area contributed by atoms with Gasteiger partial charge in [0.05, 0.1) is 6.10 Å². The molecule has 136 valence electrons. The number of ether oxygens (including phenoxy) is 1. The topological polar surface area (TPSA) is 26.3 Å². The Morgan fingerprint density at radius 2 is 1.00 bits per heavy atom. The molecule has 1 aliphatic carbocycles. The molecule has 0 radical (unpaired) electrons. The standard InChI is InChI=1S/C25H24O2/c26-23-16-18-24(19-17-23)27-25(20-10-4-1-5-11-20,21-12-6-2-7-13-21)22-14-8-3-9-15-22/h1-15,24H,16-19H2. The number of hydrogen-bond donors (Lipinski definition) is 0. The maximum absolute atomic E-state index is 11.7. The van der Waals surface area contributed by atoms with E-state index < -0.39 is 5.60 Å². The summed E-state index contributed by atoms with van der Waals surface area (Å²) in [5.74, 6) is 0.347. The van der Waals surface area contributed by atoms with Gasteiger partial charge in [0.2, 0.25) is 0 Å². The van der Waals surface area contributed by atoms with Gasteiger partial charge in [0.25, 0.3) is 0 Å². The Morgan fingerprint density at radius 1 is 0.630 bits per heavy atom. The van der Waals surface area contributed by atoms with Crippen molar-refractivity contribution in [3.63, 3.8) is 0 Å². The van der Waals surface area contributed by atoms with Crippen LogP contribution in [-0.2, 0) is 15.1 Å². The molecule has 0 heterocycles. The molecule has 1 saturated carbocycles. The highest BCUT2D eigenvalue weighted by molar-refractivity contribution is 5.79. The molecule has 0 unspecified atom stereocenters. The Bertz CT molecular complexity index is 765. The van der Waals surface area contributed by atoms with Crippen molar-refractivity contribution in [2.45, 2.75) is 37.4 Å². The first-order valence-corrected chi connectivity index (χ1v) is 9.65. The highest BCUT2D eigenvalue weighted by Gasteiger charge is 2.40. The molecule has 1 aliphatic rings. The Kier molecular flexibility index (Phi) is 5.17. The molecular weight excluding hydrogens is 332 g/mol. The van der Waals surface area contributed by atoms with E-state index in [1.165, 1.54) is 0 Å². The Morgan fingerprint density at radius 3 is 1.37 bits per heavy atom. The van der Waals surface area contributed by atoms with Crippen molar-refractivity contribution in [3.8, 4) is 0 Å². The lowest BCUT2D eigenvalue weighted by Gasteiger charge is -2.40. The Labute approximate surface area is 160 Å². The Balaban J connectivity index is 1.88. The molecule has 27 heavy (non-hydrogen) atoms. The molecule has 0 aliphatic heterocycles. The van der Waals surface area contributed by atoms with Crippen molar-refractivity contribution in [1.82, 2.24) is 0 Å². The third kappa shape index (κ3) is 3.58. The van der Waals surface area contributed by atoms with Crippen LogP contribution in [0.3, 0.4) is 0 Å². The summed E-state index contributed by atoms with van der Waals surface area (Å²) in [6, 6.07) is 31.2. The van der Waals surface area contributed by atoms with Crippen LogP contribution in [0.4, 0.5) is 0 Å². The van der Waals surface area contributed by atoms with Crippen LogP contribution in [0.25, 0.3) is 0 Å². The van der Waals surface area contributed by atoms with Crippen LogP contribution in [0, 0.1) is 0 Å². The molecule has 1 fully saturated rings. The summed E-state index contributed by atoms with van der Waals surface area (Å²) in [5.41, 5.74) is 2.65. The average molecular weight is 356 g/mol. The summed E-state index contributed by atoms with van der Waals surface area (Å²) in [6.07, 6.45) is 2.85. The monoisotopic (exact) mass is 356 g/mol. The van der Waals surface area contributed by atoms with Gasteiger partial charge in [-0.05, 0) is 29.5 Å². The second-order valence-corrected chi connectivity index (χ2v) is 7.14. The van der Waals surface area contributed by atoms with Crippen LogP contribution in [0.1, 0.15) is 42.4 Å². The summed E-state index contributed by atoms with van der Waals surface area (Å²) in [7, 11) is 0. The average Bonchev–Trinajstić information content (AvgIpc) is 2.75. The quantitative estimate of drug-likeness (QED) is 0.564. The van der Waals surface area contributed by atoms with E-state index in [9.17, 15) is 4.79 Å². The smallest absolute Gasteiger partial charge is 0.144 e. The predicted octanol–water partition coefficient (Wildman–Crippen LogP) is 5.51. The van der Waals surface area contributed by atoms with Crippen molar-refractivity contribution in [2.75, 3.05) is 0 Å². The molecule has 0 N–H and O–H groups in total. The van der Waals surface area contributed by atoms with Crippen molar-refractivity contribution < 1.29 is 9.53 Å². The predicted molar refractivity (Wildman–Crippen MR) is 108 cm³/mol. The molecule has 2 nitrogen and oxygen atoms in total. The molecule has 0 saturated heterocycles. The molecule has 0 bridgehead atoms. The van der Waals surface area contributed by atoms with E-state index in [0.29, 0.717) is 18.6 Å². The lowest BCUT2D eigenvalue weighted by atomic mass is 9.79. The minimum atomic E-state index is -0.686. The van der Waals surface area contributed by atoms with Crippen molar-refractivity contribution in [1.29, 1.82) is 0 Å². The minimum absolute atomic E-state index is 0.0586. The summed E-state index contributed by atoms with van der Waals surface area (Å²) < 4.78 is 6.93. The van der Waals surface area contributed by atoms with Crippen LogP contribution >= 0.6 is 0 Å². The van der Waals surface area contributed by atoms with Crippen LogP contribution in [-0.4, -0.2) is 11.9 Å². The zero-order valence-corrected chi connectivity index (χ0v) is 15.4. The van der Waals surface area contributed by atoms with Gasteiger partial charge in [0, 0.05) is 12.8 Å². The minimum Gasteiger partial charge on any atom is -0.358 e. The van der Waals surface area contributed by atoms with Gasteiger partial charge in [-0.25, -0.2) is 0 Å². The van der Waals surface area contributed by atoms with Gasteiger partial charge >= 0.3 is 0 Å². The number of Topliss-reactive ketones (excluding diaryl/α,β-unsaturated/α-hetero) is 1. The third-order valence-corrected chi connectivity index (χ3v) is 5.37. The van der Waals surface area contributed by atoms with E-state index in [1.54, 1.807) is 0 Å². The fourth-order valence-corrected chi connectivity index (χ4v) is 4.00. The summed E-state index contributed by atoms with van der Waals surface area (Å²) in [4.78, 5) is 11.7. The molecule has 0 amide bonds. The van der Waals surface area contributed by atoms with E-state index in [4.69, 9.17) is 4.74 Å². The van der Waals surface area contributed by atoms with E-state index in [-0.39, 0.29) is 6.10 Å². The number of rotatable bonds is 5. The van der Waals surface area contributed by atoms with Crippen molar-refractivity contribution in [2.24, 2.45) is 0 Å². The molecular formula is C25H24O2. The zero-order valence-electron chi connectivity index (χ0n) is 15.4. The number of benzene rings is 3. The van der Waals surface area contributed by atoms with Gasteiger partial charge in [0.15, 0.2) is 0 Å². The maximum atomic E-state index is 11.7. The maximum Gasteiger partial charge on any atom is 0.144 e. The third-order valence-electron chi connectivity index (χ3n) is 5.37. The first-order valence-electron chi connectivity index (χ1n) is 9.65. The fraction of sp³-hybridized carbons (Fsp3) is 0.240. The van der Waals surface area contributed by atoms with Crippen molar-refractivity contribution in [3.05, 3.63) is 108 Å². The molecule has 4 rings (SSSR count). The van der Waals surface area contributed by atoms with Gasteiger partial charge in [0.1, 0.15) is 11.4 Å².